The highest BCUT2D eigenvalue weighted by molar-refractivity contribution is 6.33. The molecule has 0 saturated carbocycles. The average molecular weight is 322 g/mol. The molecular formula is C12H9Cl2N7. The van der Waals surface area contributed by atoms with Gasteiger partial charge in [0.2, 0.25) is 0 Å². The Morgan fingerprint density at radius 1 is 1.24 bits per heavy atom. The monoisotopic (exact) mass is 321 g/mol. The number of halogens is 2. The Bertz CT molecular complexity index is 843. The lowest BCUT2D eigenvalue weighted by atomic mass is 10.3. The fraction of sp³-hybridized carbons (Fsp3) is 0.0833. The molecule has 106 valence electrons. The molecular weight excluding hydrogens is 313 g/mol. The maximum atomic E-state index is 7.35. The van der Waals surface area contributed by atoms with E-state index in [4.69, 9.17) is 28.6 Å². The van der Waals surface area contributed by atoms with Gasteiger partial charge in [-0.05, 0) is 6.07 Å². The lowest BCUT2D eigenvalue weighted by molar-refractivity contribution is 1.14. The molecule has 0 amide bonds. The van der Waals surface area contributed by atoms with Crippen LogP contribution in [0.3, 0.4) is 0 Å². The molecule has 0 unspecified atom stereocenters. The van der Waals surface area contributed by atoms with Crippen LogP contribution in [0, 0.1) is 5.41 Å². The number of anilines is 1. The van der Waals surface area contributed by atoms with Crippen molar-refractivity contribution in [2.75, 3.05) is 12.4 Å². The van der Waals surface area contributed by atoms with Crippen LogP contribution in [-0.4, -0.2) is 38.2 Å². The van der Waals surface area contributed by atoms with Gasteiger partial charge < -0.3 is 15.7 Å². The zero-order valence-electron chi connectivity index (χ0n) is 10.8. The molecule has 21 heavy (non-hydrogen) atoms. The third kappa shape index (κ3) is 2.30. The van der Waals surface area contributed by atoms with E-state index in [1.54, 1.807) is 13.1 Å². The van der Waals surface area contributed by atoms with Crippen molar-refractivity contribution in [3.8, 4) is 11.5 Å². The lowest BCUT2D eigenvalue weighted by Gasteiger charge is -2.07. The van der Waals surface area contributed by atoms with Crippen LogP contribution in [0.15, 0.2) is 12.4 Å². The van der Waals surface area contributed by atoms with Gasteiger partial charge in [-0.2, -0.15) is 0 Å². The van der Waals surface area contributed by atoms with Crippen molar-refractivity contribution in [3.05, 3.63) is 28.3 Å². The molecule has 7 nitrogen and oxygen atoms in total. The third-order valence-corrected chi connectivity index (χ3v) is 3.47. The Labute approximate surface area is 129 Å². The van der Waals surface area contributed by atoms with Crippen molar-refractivity contribution in [1.29, 1.82) is 5.41 Å². The van der Waals surface area contributed by atoms with Crippen molar-refractivity contribution in [2.45, 2.75) is 0 Å². The summed E-state index contributed by atoms with van der Waals surface area (Å²) in [7, 11) is 1.70. The second kappa shape index (κ2) is 5.27. The van der Waals surface area contributed by atoms with Crippen LogP contribution >= 0.6 is 23.2 Å². The van der Waals surface area contributed by atoms with Gasteiger partial charge >= 0.3 is 0 Å². The number of hydrogen-bond donors (Lipinski definition) is 3. The highest BCUT2D eigenvalue weighted by Crippen LogP contribution is 2.27. The highest BCUT2D eigenvalue weighted by atomic mass is 35.5. The Morgan fingerprint density at radius 2 is 2.05 bits per heavy atom. The Morgan fingerprint density at radius 3 is 2.71 bits per heavy atom. The summed E-state index contributed by atoms with van der Waals surface area (Å²) < 4.78 is 0. The van der Waals surface area contributed by atoms with Gasteiger partial charge in [-0.3, -0.25) is 0 Å². The van der Waals surface area contributed by atoms with Crippen LogP contribution < -0.4 is 5.32 Å². The predicted octanol–water partition coefficient (Wildman–Crippen LogP) is 2.76. The summed E-state index contributed by atoms with van der Waals surface area (Å²) in [6, 6.07) is 1.76. The summed E-state index contributed by atoms with van der Waals surface area (Å²) in [6.45, 7) is 0. The van der Waals surface area contributed by atoms with Gasteiger partial charge in [0.25, 0.3) is 0 Å². The zero-order valence-corrected chi connectivity index (χ0v) is 12.3. The number of hydrogen-bond acceptors (Lipinski definition) is 6. The van der Waals surface area contributed by atoms with Crippen LogP contribution in [0.25, 0.3) is 22.6 Å². The SMILES string of the molecule is CNc1nc(-c2cc3ncnc(Cl)c3[nH]2)nc(Cl)c1C=N. The summed E-state index contributed by atoms with van der Waals surface area (Å²) in [5.41, 5.74) is 2.31. The topological polar surface area (TPSA) is 103 Å². The van der Waals surface area contributed by atoms with E-state index in [0.717, 1.165) is 6.21 Å². The minimum absolute atomic E-state index is 0.190. The predicted molar refractivity (Wildman–Crippen MR) is 82.4 cm³/mol. The van der Waals surface area contributed by atoms with Crippen molar-refractivity contribution in [3.63, 3.8) is 0 Å². The molecule has 3 aromatic heterocycles. The van der Waals surface area contributed by atoms with Crippen LogP contribution in [0.2, 0.25) is 10.3 Å². The lowest BCUT2D eigenvalue weighted by Crippen LogP contribution is -2.03. The molecule has 0 aliphatic carbocycles. The molecule has 0 spiro atoms. The van der Waals surface area contributed by atoms with Crippen molar-refractivity contribution >= 4 is 46.3 Å². The van der Waals surface area contributed by atoms with E-state index in [-0.39, 0.29) is 5.15 Å². The second-order valence-electron chi connectivity index (χ2n) is 4.10. The van der Waals surface area contributed by atoms with Gasteiger partial charge in [0.05, 0.1) is 16.8 Å². The second-order valence-corrected chi connectivity index (χ2v) is 4.82. The van der Waals surface area contributed by atoms with Gasteiger partial charge in [0, 0.05) is 13.3 Å². The molecule has 0 saturated heterocycles. The minimum atomic E-state index is 0.190. The third-order valence-electron chi connectivity index (χ3n) is 2.89. The summed E-state index contributed by atoms with van der Waals surface area (Å²) in [5.74, 6) is 0.847. The first kappa shape index (κ1) is 13.7. The first-order valence-electron chi connectivity index (χ1n) is 5.89. The smallest absolute Gasteiger partial charge is 0.179 e. The number of fused-ring (bicyclic) bond motifs is 1. The molecule has 3 heterocycles. The van der Waals surface area contributed by atoms with Crippen LogP contribution in [0.1, 0.15) is 5.56 Å². The van der Waals surface area contributed by atoms with Gasteiger partial charge in [-0.1, -0.05) is 23.2 Å². The molecule has 0 aromatic carbocycles. The first-order valence-corrected chi connectivity index (χ1v) is 6.65. The number of aromatic amines is 1. The standard InChI is InChI=1S/C12H9Cl2N7/c1-16-11-5(3-15)9(13)20-12(21-11)7-2-6-8(19-7)10(14)18-4-17-6/h2-4,15,19H,1H3,(H,16,20,21). The van der Waals surface area contributed by atoms with Gasteiger partial charge in [-0.15, -0.1) is 0 Å². The summed E-state index contributed by atoms with van der Waals surface area (Å²) in [4.78, 5) is 19.6. The maximum Gasteiger partial charge on any atom is 0.179 e. The molecule has 0 radical (unpaired) electrons. The largest absolute Gasteiger partial charge is 0.372 e. The molecule has 3 rings (SSSR count). The molecule has 0 aliphatic rings. The Kier molecular flexibility index (Phi) is 3.44. The van der Waals surface area contributed by atoms with Crippen LogP contribution in [0.4, 0.5) is 5.82 Å². The van der Waals surface area contributed by atoms with Crippen molar-refractivity contribution in [1.82, 2.24) is 24.9 Å². The van der Waals surface area contributed by atoms with Crippen molar-refractivity contribution in [2.24, 2.45) is 0 Å². The van der Waals surface area contributed by atoms with Gasteiger partial charge in [0.15, 0.2) is 11.0 Å². The Hall–Kier alpha value is -2.25. The molecule has 0 fully saturated rings. The number of nitrogens with one attached hydrogen (secondary N) is 3. The van der Waals surface area contributed by atoms with E-state index in [2.05, 4.69) is 30.2 Å². The van der Waals surface area contributed by atoms with Crippen molar-refractivity contribution < 1.29 is 0 Å². The van der Waals surface area contributed by atoms with Crippen LogP contribution in [-0.2, 0) is 0 Å². The van der Waals surface area contributed by atoms with Crippen LogP contribution in [0.5, 0.6) is 0 Å². The number of aromatic nitrogens is 5. The summed E-state index contributed by atoms with van der Waals surface area (Å²) in [6.07, 6.45) is 2.48. The molecule has 3 aromatic rings. The minimum Gasteiger partial charge on any atom is -0.372 e. The van der Waals surface area contributed by atoms with E-state index < -0.39 is 0 Å². The molecule has 9 heteroatoms. The molecule has 0 atom stereocenters. The van der Waals surface area contributed by atoms with E-state index in [0.29, 0.717) is 39.1 Å². The van der Waals surface area contributed by atoms with Gasteiger partial charge in [0.1, 0.15) is 22.8 Å². The quantitative estimate of drug-likeness (QED) is 0.508. The number of rotatable bonds is 3. The number of nitrogens with zero attached hydrogens (tertiary/aromatic N) is 4. The normalized spacial score (nSPS) is 10.8. The fourth-order valence-electron chi connectivity index (χ4n) is 1.91. The van der Waals surface area contributed by atoms with E-state index >= 15 is 0 Å². The highest BCUT2D eigenvalue weighted by Gasteiger charge is 2.14. The zero-order chi connectivity index (χ0) is 15.0. The maximum absolute atomic E-state index is 7.35. The van der Waals surface area contributed by atoms with Gasteiger partial charge in [-0.25, -0.2) is 19.9 Å². The molecule has 0 aliphatic heterocycles. The first-order chi connectivity index (χ1) is 10.1. The summed E-state index contributed by atoms with van der Waals surface area (Å²) in [5, 5.41) is 10.7. The Balaban J connectivity index is 2.20. The van der Waals surface area contributed by atoms with E-state index in [9.17, 15) is 0 Å². The van der Waals surface area contributed by atoms with E-state index in [1.165, 1.54) is 6.33 Å². The number of H-pyrrole nitrogens is 1. The molecule has 3 N–H and O–H groups in total. The fourth-order valence-corrected chi connectivity index (χ4v) is 2.32. The average Bonchev–Trinajstić information content (AvgIpc) is 2.92. The van der Waals surface area contributed by atoms with E-state index in [1.807, 2.05) is 0 Å². The molecule has 0 bridgehead atoms. The summed E-state index contributed by atoms with van der Waals surface area (Å²) >= 11 is 12.1.